The summed E-state index contributed by atoms with van der Waals surface area (Å²) < 4.78 is 10.4. The average Bonchev–Trinajstić information content (AvgIpc) is 3.06. The number of likely N-dealkylation sites (N-methyl/N-ethyl adjacent to an activating group) is 2. The highest BCUT2D eigenvalue weighted by Crippen LogP contribution is 2.15. The molecular weight excluding hydrogens is 336 g/mol. The molecule has 0 bridgehead atoms. The van der Waals surface area contributed by atoms with Gasteiger partial charge in [-0.25, -0.2) is 0 Å². The number of aryl methyl sites for hydroxylation is 1. The third-order valence-electron chi connectivity index (χ3n) is 3.87. The summed E-state index contributed by atoms with van der Waals surface area (Å²) in [6, 6.07) is 6.72. The molecule has 0 unspecified atom stereocenters. The van der Waals surface area contributed by atoms with Crippen LogP contribution in [0.1, 0.15) is 35.9 Å². The predicted octanol–water partition coefficient (Wildman–Crippen LogP) is 1.90. The SMILES string of the molecule is CCN(CC)C(=O)CN(C)C(=O)c1ccc(OCc2noc(C)n2)cc1. The van der Waals surface area contributed by atoms with Crippen LogP contribution in [0.3, 0.4) is 0 Å². The van der Waals surface area contributed by atoms with Gasteiger partial charge in [0.25, 0.3) is 5.91 Å². The third kappa shape index (κ3) is 5.05. The lowest BCUT2D eigenvalue weighted by atomic mass is 10.2. The van der Waals surface area contributed by atoms with Gasteiger partial charge in [0, 0.05) is 32.6 Å². The van der Waals surface area contributed by atoms with Crippen LogP contribution in [0.5, 0.6) is 5.75 Å². The van der Waals surface area contributed by atoms with Crippen LogP contribution in [0.4, 0.5) is 0 Å². The van der Waals surface area contributed by atoms with Crippen molar-refractivity contribution >= 4 is 11.8 Å². The van der Waals surface area contributed by atoms with Gasteiger partial charge < -0.3 is 19.1 Å². The Hall–Kier alpha value is -2.90. The van der Waals surface area contributed by atoms with E-state index in [0.717, 1.165) is 0 Å². The van der Waals surface area contributed by atoms with Gasteiger partial charge >= 0.3 is 0 Å². The molecule has 0 atom stereocenters. The van der Waals surface area contributed by atoms with Crippen LogP contribution < -0.4 is 4.74 Å². The van der Waals surface area contributed by atoms with Crippen LogP contribution in [0, 0.1) is 6.92 Å². The molecule has 1 aromatic carbocycles. The lowest BCUT2D eigenvalue weighted by molar-refractivity contribution is -0.131. The Balaban J connectivity index is 1.91. The smallest absolute Gasteiger partial charge is 0.254 e. The number of nitrogens with zero attached hydrogens (tertiary/aromatic N) is 4. The van der Waals surface area contributed by atoms with Crippen LogP contribution >= 0.6 is 0 Å². The second-order valence-corrected chi connectivity index (χ2v) is 5.77. The maximum atomic E-state index is 12.5. The van der Waals surface area contributed by atoms with E-state index in [1.807, 2.05) is 13.8 Å². The number of benzene rings is 1. The molecule has 140 valence electrons. The number of carbonyl (C=O) groups excluding carboxylic acids is 2. The summed E-state index contributed by atoms with van der Waals surface area (Å²) >= 11 is 0. The number of aromatic nitrogens is 2. The zero-order valence-corrected chi connectivity index (χ0v) is 15.6. The highest BCUT2D eigenvalue weighted by atomic mass is 16.5. The second kappa shape index (κ2) is 8.98. The van der Waals surface area contributed by atoms with E-state index in [2.05, 4.69) is 10.1 Å². The van der Waals surface area contributed by atoms with Crippen molar-refractivity contribution in [3.63, 3.8) is 0 Å². The summed E-state index contributed by atoms with van der Waals surface area (Å²) in [5, 5.41) is 3.75. The molecule has 2 aromatic rings. The highest BCUT2D eigenvalue weighted by molar-refractivity contribution is 5.96. The molecule has 26 heavy (non-hydrogen) atoms. The van der Waals surface area contributed by atoms with Gasteiger partial charge in [0.1, 0.15) is 5.75 Å². The van der Waals surface area contributed by atoms with Gasteiger partial charge in [0.2, 0.25) is 17.6 Å². The van der Waals surface area contributed by atoms with E-state index < -0.39 is 0 Å². The van der Waals surface area contributed by atoms with Gasteiger partial charge in [0.15, 0.2) is 6.61 Å². The Morgan fingerprint density at radius 1 is 1.15 bits per heavy atom. The first-order valence-corrected chi connectivity index (χ1v) is 8.49. The molecule has 0 saturated heterocycles. The Bertz CT molecular complexity index is 738. The summed E-state index contributed by atoms with van der Waals surface area (Å²) in [5.41, 5.74) is 0.489. The largest absolute Gasteiger partial charge is 0.485 e. The molecule has 8 nitrogen and oxygen atoms in total. The molecule has 1 heterocycles. The Morgan fingerprint density at radius 2 is 1.81 bits per heavy atom. The molecule has 0 N–H and O–H groups in total. The fraction of sp³-hybridized carbons (Fsp3) is 0.444. The van der Waals surface area contributed by atoms with Crippen molar-refractivity contribution in [3.05, 3.63) is 41.5 Å². The summed E-state index contributed by atoms with van der Waals surface area (Å²) in [5.74, 6) is 1.24. The van der Waals surface area contributed by atoms with E-state index in [0.29, 0.717) is 36.1 Å². The van der Waals surface area contributed by atoms with E-state index in [4.69, 9.17) is 9.26 Å². The normalized spacial score (nSPS) is 10.5. The Morgan fingerprint density at radius 3 is 2.35 bits per heavy atom. The van der Waals surface area contributed by atoms with Crippen LogP contribution in [0.15, 0.2) is 28.8 Å². The third-order valence-corrected chi connectivity index (χ3v) is 3.87. The quantitative estimate of drug-likeness (QED) is 0.714. The monoisotopic (exact) mass is 360 g/mol. The van der Waals surface area contributed by atoms with Gasteiger partial charge in [-0.15, -0.1) is 0 Å². The fourth-order valence-corrected chi connectivity index (χ4v) is 2.41. The lowest BCUT2D eigenvalue weighted by Crippen LogP contribution is -2.41. The van der Waals surface area contributed by atoms with Crippen molar-refractivity contribution in [2.24, 2.45) is 0 Å². The van der Waals surface area contributed by atoms with Gasteiger partial charge in [-0.1, -0.05) is 5.16 Å². The van der Waals surface area contributed by atoms with Gasteiger partial charge in [-0.2, -0.15) is 4.98 Å². The van der Waals surface area contributed by atoms with E-state index >= 15 is 0 Å². The van der Waals surface area contributed by atoms with Crippen molar-refractivity contribution in [1.82, 2.24) is 19.9 Å². The maximum Gasteiger partial charge on any atom is 0.254 e. The number of ether oxygens (including phenoxy) is 1. The molecule has 0 spiro atoms. The first kappa shape index (κ1) is 19.4. The molecule has 8 heteroatoms. The summed E-state index contributed by atoms with van der Waals surface area (Å²) in [7, 11) is 1.62. The van der Waals surface area contributed by atoms with Crippen molar-refractivity contribution in [1.29, 1.82) is 0 Å². The van der Waals surface area contributed by atoms with E-state index in [9.17, 15) is 9.59 Å². The van der Waals surface area contributed by atoms with Crippen molar-refractivity contribution < 1.29 is 18.8 Å². The highest BCUT2D eigenvalue weighted by Gasteiger charge is 2.17. The van der Waals surface area contributed by atoms with E-state index in [-0.39, 0.29) is 25.0 Å². The molecule has 0 saturated carbocycles. The lowest BCUT2D eigenvalue weighted by Gasteiger charge is -2.23. The van der Waals surface area contributed by atoms with Crippen LogP contribution in [-0.2, 0) is 11.4 Å². The summed E-state index contributed by atoms with van der Waals surface area (Å²) in [6.45, 7) is 7.03. The number of carbonyl (C=O) groups is 2. The first-order chi connectivity index (χ1) is 12.4. The number of hydrogen-bond acceptors (Lipinski definition) is 6. The fourth-order valence-electron chi connectivity index (χ4n) is 2.41. The molecule has 1 aromatic heterocycles. The minimum absolute atomic E-state index is 0.0515. The summed E-state index contributed by atoms with van der Waals surface area (Å²) in [6.07, 6.45) is 0. The van der Waals surface area contributed by atoms with Crippen molar-refractivity contribution in [2.45, 2.75) is 27.4 Å². The molecular formula is C18H24N4O4. The minimum atomic E-state index is -0.217. The molecule has 2 rings (SSSR count). The number of hydrogen-bond donors (Lipinski definition) is 0. The molecule has 2 amide bonds. The zero-order chi connectivity index (χ0) is 19.1. The van der Waals surface area contributed by atoms with Gasteiger partial charge in [0.05, 0.1) is 6.54 Å². The van der Waals surface area contributed by atoms with Crippen molar-refractivity contribution in [3.8, 4) is 5.75 Å². The van der Waals surface area contributed by atoms with Gasteiger partial charge in [-0.05, 0) is 38.1 Å². The molecule has 0 aliphatic carbocycles. The summed E-state index contributed by atoms with van der Waals surface area (Å²) in [4.78, 5) is 31.7. The molecule has 0 fully saturated rings. The minimum Gasteiger partial charge on any atom is -0.485 e. The second-order valence-electron chi connectivity index (χ2n) is 5.77. The maximum absolute atomic E-state index is 12.5. The number of amides is 2. The zero-order valence-electron chi connectivity index (χ0n) is 15.6. The number of rotatable bonds is 8. The topological polar surface area (TPSA) is 88.8 Å². The molecule has 0 aliphatic rings. The molecule has 0 radical (unpaired) electrons. The van der Waals surface area contributed by atoms with E-state index in [1.54, 1.807) is 43.1 Å². The van der Waals surface area contributed by atoms with Crippen molar-refractivity contribution in [2.75, 3.05) is 26.7 Å². The molecule has 0 aliphatic heterocycles. The Kier molecular flexibility index (Phi) is 6.71. The van der Waals surface area contributed by atoms with E-state index in [1.165, 1.54) is 4.90 Å². The van der Waals surface area contributed by atoms with Crippen LogP contribution in [-0.4, -0.2) is 58.4 Å². The van der Waals surface area contributed by atoms with Crippen LogP contribution in [0.2, 0.25) is 0 Å². The predicted molar refractivity (Wildman–Crippen MR) is 94.7 cm³/mol. The first-order valence-electron chi connectivity index (χ1n) is 8.49. The van der Waals surface area contributed by atoms with Gasteiger partial charge in [-0.3, -0.25) is 9.59 Å². The Labute approximate surface area is 152 Å². The standard InChI is InChI=1S/C18H24N4O4/c1-5-22(6-2)17(23)11-21(4)18(24)14-7-9-15(10-8-14)25-12-16-19-13(3)26-20-16/h7-10H,5-6,11-12H2,1-4H3. The average molecular weight is 360 g/mol. The van der Waals surface area contributed by atoms with Crippen LogP contribution in [0.25, 0.3) is 0 Å².